The molecule has 2 rings (SSSR count). The summed E-state index contributed by atoms with van der Waals surface area (Å²) in [6.07, 6.45) is -0.0745. The number of benzene rings is 1. The van der Waals surface area contributed by atoms with E-state index < -0.39 is 8.03 Å². The average Bonchev–Trinajstić information content (AvgIpc) is 2.61. The first kappa shape index (κ1) is 11.2. The Morgan fingerprint density at radius 2 is 2.06 bits per heavy atom. The van der Waals surface area contributed by atoms with Crippen LogP contribution in [0.5, 0.6) is 0 Å². The van der Waals surface area contributed by atoms with E-state index in [1.54, 1.807) is 4.57 Å². The largest absolute Gasteiger partial charge is 0.592 e. The van der Waals surface area contributed by atoms with Gasteiger partial charge in [0.1, 0.15) is 5.69 Å². The normalized spacial score (nSPS) is 11.4. The minimum absolute atomic E-state index is 0.0745. The second-order valence-corrected chi connectivity index (χ2v) is 5.07. The van der Waals surface area contributed by atoms with E-state index in [1.165, 1.54) is 11.3 Å². The molecule has 0 aliphatic heterocycles. The Bertz CT molecular complexity index is 513. The third kappa shape index (κ3) is 2.27. The lowest BCUT2D eigenvalue weighted by Crippen LogP contribution is -2.36. The number of nitrogens with zero attached hydrogens (tertiary/aromatic N) is 1. The SMILES string of the molecule is Nc1scc(-c2ccccc2)[n+]1C[P+](=O)[O-]. The topological polar surface area (TPSA) is 70.0 Å². The lowest BCUT2D eigenvalue weighted by molar-refractivity contribution is -0.650. The zero-order valence-electron chi connectivity index (χ0n) is 8.37. The Hall–Kier alpha value is -1.29. The summed E-state index contributed by atoms with van der Waals surface area (Å²) in [5, 5.41) is 2.36. The quantitative estimate of drug-likeness (QED) is 0.663. The van der Waals surface area contributed by atoms with E-state index in [1.807, 2.05) is 35.7 Å². The maximum Gasteiger partial charge on any atom is 0.355 e. The van der Waals surface area contributed by atoms with Crippen LogP contribution in [0.25, 0.3) is 11.3 Å². The maximum absolute atomic E-state index is 10.8. The zero-order valence-corrected chi connectivity index (χ0v) is 10.1. The summed E-state index contributed by atoms with van der Waals surface area (Å²) in [6.45, 7) is 0. The summed E-state index contributed by atoms with van der Waals surface area (Å²) in [5.41, 5.74) is 7.54. The van der Waals surface area contributed by atoms with E-state index in [2.05, 4.69) is 0 Å². The number of rotatable bonds is 3. The van der Waals surface area contributed by atoms with E-state index in [4.69, 9.17) is 5.73 Å². The number of aromatic nitrogens is 1. The number of thiazole rings is 1. The zero-order chi connectivity index (χ0) is 11.5. The van der Waals surface area contributed by atoms with Gasteiger partial charge in [0.05, 0.1) is 0 Å². The molecule has 82 valence electrons. The van der Waals surface area contributed by atoms with Crippen LogP contribution in [-0.2, 0) is 10.9 Å². The van der Waals surface area contributed by atoms with Gasteiger partial charge in [-0.15, -0.1) is 0 Å². The van der Waals surface area contributed by atoms with Gasteiger partial charge in [-0.3, -0.25) is 5.73 Å². The number of hydrogen-bond acceptors (Lipinski definition) is 4. The van der Waals surface area contributed by atoms with Gasteiger partial charge < -0.3 is 4.89 Å². The predicted octanol–water partition coefficient (Wildman–Crippen LogP) is 1.34. The Labute approximate surface area is 97.8 Å². The smallest absolute Gasteiger partial charge is 0.355 e. The molecule has 0 aliphatic rings. The molecule has 1 aromatic heterocycles. The van der Waals surface area contributed by atoms with Gasteiger partial charge in [0.15, 0.2) is 0 Å². The molecule has 6 heteroatoms. The van der Waals surface area contributed by atoms with Gasteiger partial charge in [-0.2, -0.15) is 4.57 Å². The number of anilines is 1. The number of hydrogen-bond donors (Lipinski definition) is 1. The maximum atomic E-state index is 10.8. The fourth-order valence-corrected chi connectivity index (χ4v) is 2.87. The van der Waals surface area contributed by atoms with Gasteiger partial charge >= 0.3 is 13.2 Å². The molecule has 0 fully saturated rings. The van der Waals surface area contributed by atoms with Crippen LogP contribution in [0.4, 0.5) is 5.13 Å². The summed E-state index contributed by atoms with van der Waals surface area (Å²) in [7, 11) is -2.48. The van der Waals surface area contributed by atoms with Crippen LogP contribution in [-0.4, -0.2) is 0 Å². The second-order valence-electron chi connectivity index (χ2n) is 3.23. The molecule has 2 N–H and O–H groups in total. The molecule has 0 radical (unpaired) electrons. The van der Waals surface area contributed by atoms with Crippen LogP contribution in [0.1, 0.15) is 0 Å². The van der Waals surface area contributed by atoms with Crippen molar-refractivity contribution in [1.29, 1.82) is 0 Å². The van der Waals surface area contributed by atoms with Gasteiger partial charge in [0, 0.05) is 10.9 Å². The summed E-state index contributed by atoms with van der Waals surface area (Å²) >= 11 is 1.34. The fraction of sp³-hybridized carbons (Fsp3) is 0.100. The molecule has 0 saturated carbocycles. The Morgan fingerprint density at radius 1 is 1.38 bits per heavy atom. The lowest BCUT2D eigenvalue weighted by atomic mass is 10.2. The van der Waals surface area contributed by atoms with Crippen molar-refractivity contribution < 1.29 is 14.0 Å². The lowest BCUT2D eigenvalue weighted by Gasteiger charge is -1.99. The monoisotopic (exact) mass is 253 g/mol. The molecule has 1 atom stereocenters. The molecule has 4 nitrogen and oxygen atoms in total. The predicted molar refractivity (Wildman–Crippen MR) is 62.0 cm³/mol. The molecule has 1 unspecified atom stereocenters. The highest BCUT2D eigenvalue weighted by Crippen LogP contribution is 2.23. The van der Waals surface area contributed by atoms with E-state index >= 15 is 0 Å². The van der Waals surface area contributed by atoms with E-state index in [-0.39, 0.29) is 6.29 Å². The second kappa shape index (κ2) is 4.70. The van der Waals surface area contributed by atoms with Gasteiger partial charge in [-0.05, 0) is 0 Å². The van der Waals surface area contributed by atoms with Crippen molar-refractivity contribution in [2.75, 3.05) is 5.73 Å². The van der Waals surface area contributed by atoms with Crippen molar-refractivity contribution in [1.82, 2.24) is 0 Å². The van der Waals surface area contributed by atoms with Crippen LogP contribution in [0.15, 0.2) is 35.7 Å². The van der Waals surface area contributed by atoms with Crippen LogP contribution >= 0.6 is 19.4 Å². The first-order valence-corrected chi connectivity index (χ1v) is 6.87. The van der Waals surface area contributed by atoms with Gasteiger partial charge in [0.25, 0.3) is 6.29 Å². The molecule has 0 saturated heterocycles. The standard InChI is InChI=1S/C10H9N2O2PS/c11-10-12(7-15(13)14)9(6-16-10)8-4-2-1-3-5-8/h1-6,11H,7H2/p+1. The van der Waals surface area contributed by atoms with Crippen molar-refractivity contribution >= 4 is 24.5 Å². The number of nitrogen functional groups attached to an aromatic ring is 1. The minimum atomic E-state index is -2.48. The highest BCUT2D eigenvalue weighted by molar-refractivity contribution is 7.34. The third-order valence-corrected chi connectivity index (χ3v) is 3.49. The van der Waals surface area contributed by atoms with E-state index in [9.17, 15) is 9.46 Å². The molecule has 16 heavy (non-hydrogen) atoms. The van der Waals surface area contributed by atoms with Crippen LogP contribution in [0.3, 0.4) is 0 Å². The molecule has 0 spiro atoms. The highest BCUT2D eigenvalue weighted by atomic mass is 32.1. The van der Waals surface area contributed by atoms with Crippen molar-refractivity contribution in [3.8, 4) is 11.3 Å². The Morgan fingerprint density at radius 3 is 2.69 bits per heavy atom. The van der Waals surface area contributed by atoms with Crippen LogP contribution in [0.2, 0.25) is 0 Å². The Kier molecular flexibility index (Phi) is 3.29. The molecule has 1 heterocycles. The molecule has 1 aromatic carbocycles. The average molecular weight is 253 g/mol. The molecule has 2 aromatic rings. The first-order valence-electron chi connectivity index (χ1n) is 4.62. The summed E-state index contributed by atoms with van der Waals surface area (Å²) in [5.74, 6) is 0. The molecular formula is C10H10N2O2PS+. The summed E-state index contributed by atoms with van der Waals surface area (Å²) in [4.78, 5) is 10.8. The third-order valence-electron chi connectivity index (χ3n) is 2.17. The van der Waals surface area contributed by atoms with Crippen LogP contribution in [0, 0.1) is 0 Å². The van der Waals surface area contributed by atoms with Gasteiger partial charge in [-0.1, -0.05) is 46.2 Å². The van der Waals surface area contributed by atoms with Crippen LogP contribution < -0.4 is 15.2 Å². The summed E-state index contributed by atoms with van der Waals surface area (Å²) < 4.78 is 12.4. The van der Waals surface area contributed by atoms with E-state index in [0.717, 1.165) is 11.3 Å². The molecule has 0 amide bonds. The van der Waals surface area contributed by atoms with Crippen molar-refractivity contribution in [3.63, 3.8) is 0 Å². The highest BCUT2D eigenvalue weighted by Gasteiger charge is 2.20. The van der Waals surface area contributed by atoms with Crippen molar-refractivity contribution in [2.45, 2.75) is 6.29 Å². The minimum Gasteiger partial charge on any atom is -0.592 e. The van der Waals surface area contributed by atoms with Gasteiger partial charge in [0.2, 0.25) is 0 Å². The van der Waals surface area contributed by atoms with E-state index in [0.29, 0.717) is 5.13 Å². The van der Waals surface area contributed by atoms with Gasteiger partial charge in [-0.25, -0.2) is 0 Å². The van der Waals surface area contributed by atoms with Crippen molar-refractivity contribution in [2.24, 2.45) is 0 Å². The molecule has 0 bridgehead atoms. The first-order chi connectivity index (χ1) is 7.68. The Balaban J connectivity index is 2.46. The molecule has 0 aliphatic carbocycles. The molecular weight excluding hydrogens is 243 g/mol. The number of nitrogens with two attached hydrogens (primary N) is 1. The fourth-order valence-electron chi connectivity index (χ4n) is 1.46. The van der Waals surface area contributed by atoms with Crippen molar-refractivity contribution in [3.05, 3.63) is 35.7 Å². The summed E-state index contributed by atoms with van der Waals surface area (Å²) in [6, 6.07) is 9.58.